The summed E-state index contributed by atoms with van der Waals surface area (Å²) in [7, 11) is 1.61. The Hall–Kier alpha value is -2.24. The molecule has 1 aromatic heterocycles. The summed E-state index contributed by atoms with van der Waals surface area (Å²) in [6.07, 6.45) is 3.69. The van der Waals surface area contributed by atoms with E-state index in [1.54, 1.807) is 7.05 Å². The minimum atomic E-state index is -0.109. The van der Waals surface area contributed by atoms with Gasteiger partial charge in [-0.1, -0.05) is 19.0 Å². The van der Waals surface area contributed by atoms with Crippen LogP contribution in [0.25, 0.3) is 0 Å². The first kappa shape index (κ1) is 17.6. The molecule has 0 atom stereocenters. The molecular formula is C19H24N2O4. The molecule has 0 aromatic carbocycles. The number of nitrogens with zero attached hydrogens (tertiary/aromatic N) is 2. The first-order chi connectivity index (χ1) is 11.8. The highest BCUT2D eigenvalue weighted by atomic mass is 16.5. The quantitative estimate of drug-likeness (QED) is 0.845. The molecule has 0 bridgehead atoms. The average molecular weight is 344 g/mol. The number of hydrogen-bond acceptors (Lipinski definition) is 6. The van der Waals surface area contributed by atoms with E-state index in [9.17, 15) is 14.7 Å². The Bertz CT molecular complexity index is 783. The van der Waals surface area contributed by atoms with Gasteiger partial charge < -0.3 is 9.63 Å². The average Bonchev–Trinajstić information content (AvgIpc) is 2.91. The second-order valence-electron chi connectivity index (χ2n) is 7.64. The molecule has 2 aliphatic rings. The molecule has 6 nitrogen and oxygen atoms in total. The third-order valence-electron chi connectivity index (χ3n) is 4.93. The Kier molecular flexibility index (Phi) is 4.62. The van der Waals surface area contributed by atoms with Gasteiger partial charge in [0.25, 0.3) is 0 Å². The van der Waals surface area contributed by atoms with E-state index in [0.29, 0.717) is 73.2 Å². The van der Waals surface area contributed by atoms with Crippen molar-refractivity contribution < 1.29 is 19.2 Å². The summed E-state index contributed by atoms with van der Waals surface area (Å²) in [5.74, 6) is 0.775. The van der Waals surface area contributed by atoms with Crippen LogP contribution in [-0.2, 0) is 17.6 Å². The zero-order chi connectivity index (χ0) is 18.2. The number of hydrogen-bond donors (Lipinski definition) is 1. The van der Waals surface area contributed by atoms with Crippen LogP contribution in [0.15, 0.2) is 20.8 Å². The van der Waals surface area contributed by atoms with Crippen molar-refractivity contribution in [2.45, 2.75) is 58.8 Å². The van der Waals surface area contributed by atoms with Crippen molar-refractivity contribution >= 4 is 17.3 Å². The molecule has 1 N–H and O–H groups in total. The maximum absolute atomic E-state index is 12.5. The summed E-state index contributed by atoms with van der Waals surface area (Å²) < 4.78 is 5.41. The molecule has 3 rings (SSSR count). The number of aliphatic imine (C=N–C) groups is 1. The first-order valence-electron chi connectivity index (χ1n) is 8.74. The minimum absolute atomic E-state index is 0.0632. The van der Waals surface area contributed by atoms with Crippen LogP contribution < -0.4 is 0 Å². The van der Waals surface area contributed by atoms with Crippen LogP contribution in [0.3, 0.4) is 0 Å². The summed E-state index contributed by atoms with van der Waals surface area (Å²) in [4.78, 5) is 28.8. The Labute approximate surface area is 147 Å². The van der Waals surface area contributed by atoms with Crippen molar-refractivity contribution in [2.75, 3.05) is 7.05 Å². The summed E-state index contributed by atoms with van der Waals surface area (Å²) in [5, 5.41) is 14.2. The van der Waals surface area contributed by atoms with Gasteiger partial charge in [-0.15, -0.1) is 0 Å². The molecule has 0 aliphatic heterocycles. The Balaban J connectivity index is 1.80. The van der Waals surface area contributed by atoms with Crippen LogP contribution in [0.2, 0.25) is 0 Å². The molecule has 2 aliphatic carbocycles. The van der Waals surface area contributed by atoms with E-state index >= 15 is 0 Å². The largest absolute Gasteiger partial charge is 0.511 e. The number of Topliss-reactive ketones (excluding diaryl/α,β-unsaturated/α-hetero) is 2. The van der Waals surface area contributed by atoms with E-state index in [4.69, 9.17) is 4.52 Å². The number of rotatable bonds is 4. The van der Waals surface area contributed by atoms with E-state index in [2.05, 4.69) is 10.1 Å². The Morgan fingerprint density at radius 3 is 2.68 bits per heavy atom. The number of aromatic nitrogens is 1. The second-order valence-corrected chi connectivity index (χ2v) is 7.64. The topological polar surface area (TPSA) is 92.8 Å². The normalized spacial score (nSPS) is 20.8. The molecule has 0 fully saturated rings. The number of carbonyl (C=O) groups is 2. The fourth-order valence-corrected chi connectivity index (χ4v) is 3.73. The molecule has 0 amide bonds. The number of allylic oxidation sites excluding steroid dienone is 2. The third-order valence-corrected chi connectivity index (χ3v) is 4.93. The fraction of sp³-hybridized carbons (Fsp3) is 0.579. The zero-order valence-electron chi connectivity index (χ0n) is 15.0. The van der Waals surface area contributed by atoms with E-state index in [0.717, 1.165) is 0 Å². The van der Waals surface area contributed by atoms with Gasteiger partial charge >= 0.3 is 0 Å². The fourth-order valence-electron chi connectivity index (χ4n) is 3.73. The molecule has 1 aromatic rings. The lowest BCUT2D eigenvalue weighted by molar-refractivity contribution is -0.115. The van der Waals surface area contributed by atoms with Crippen molar-refractivity contribution in [3.8, 4) is 0 Å². The number of aryl methyl sites for hydroxylation is 1. The Morgan fingerprint density at radius 1 is 1.24 bits per heavy atom. The summed E-state index contributed by atoms with van der Waals surface area (Å²) in [6.45, 7) is 4.09. The molecule has 25 heavy (non-hydrogen) atoms. The summed E-state index contributed by atoms with van der Waals surface area (Å²) in [5.41, 5.74) is 2.03. The lowest BCUT2D eigenvalue weighted by Gasteiger charge is -2.26. The van der Waals surface area contributed by atoms with Crippen molar-refractivity contribution in [3.05, 3.63) is 28.3 Å². The summed E-state index contributed by atoms with van der Waals surface area (Å²) in [6, 6.07) is 0. The molecule has 6 heteroatoms. The highest BCUT2D eigenvalue weighted by Crippen LogP contribution is 2.36. The van der Waals surface area contributed by atoms with Gasteiger partial charge in [0.2, 0.25) is 0 Å². The highest BCUT2D eigenvalue weighted by Gasteiger charge is 2.36. The van der Waals surface area contributed by atoms with E-state index in [1.807, 2.05) is 13.8 Å². The smallest absolute Gasteiger partial charge is 0.168 e. The van der Waals surface area contributed by atoms with Gasteiger partial charge in [-0.05, 0) is 24.7 Å². The summed E-state index contributed by atoms with van der Waals surface area (Å²) >= 11 is 0. The van der Waals surface area contributed by atoms with Gasteiger partial charge in [-0.2, -0.15) is 0 Å². The molecule has 0 unspecified atom stereocenters. The highest BCUT2D eigenvalue weighted by molar-refractivity contribution is 6.23. The van der Waals surface area contributed by atoms with Gasteiger partial charge in [0.05, 0.1) is 16.8 Å². The zero-order valence-corrected chi connectivity index (χ0v) is 15.0. The molecular weight excluding hydrogens is 320 g/mol. The minimum Gasteiger partial charge on any atom is -0.511 e. The number of fused-ring (bicyclic) bond motifs is 1. The van der Waals surface area contributed by atoms with Crippen LogP contribution >= 0.6 is 0 Å². The van der Waals surface area contributed by atoms with Crippen LogP contribution in [-0.4, -0.2) is 34.6 Å². The lowest BCUT2D eigenvalue weighted by Crippen LogP contribution is -2.26. The van der Waals surface area contributed by atoms with Gasteiger partial charge in [-0.3, -0.25) is 14.6 Å². The molecule has 0 spiro atoms. The van der Waals surface area contributed by atoms with Crippen LogP contribution in [0, 0.1) is 5.41 Å². The predicted molar refractivity (Wildman–Crippen MR) is 93.1 cm³/mol. The molecule has 0 saturated heterocycles. The number of aliphatic hydroxyl groups is 1. The number of ketones is 2. The molecule has 1 heterocycles. The van der Waals surface area contributed by atoms with Gasteiger partial charge in [0.1, 0.15) is 11.5 Å². The standard InChI is InChI=1S/C19H24N2O4/c1-19(2)9-15(24)18-12(21-25-16(18)10-19)8-7-11(20-3)17-13(22)5-4-6-14(17)23/h22H,4-10H2,1-3H3. The molecule has 0 radical (unpaired) electrons. The molecule has 134 valence electrons. The Morgan fingerprint density at radius 2 is 2.00 bits per heavy atom. The van der Waals surface area contributed by atoms with Gasteiger partial charge in [0, 0.05) is 38.4 Å². The van der Waals surface area contributed by atoms with E-state index < -0.39 is 0 Å². The molecule has 0 saturated carbocycles. The number of aliphatic hydroxyl groups excluding tert-OH is 1. The van der Waals surface area contributed by atoms with Gasteiger partial charge in [0.15, 0.2) is 11.6 Å². The predicted octanol–water partition coefficient (Wildman–Crippen LogP) is 3.40. The van der Waals surface area contributed by atoms with Crippen molar-refractivity contribution in [1.29, 1.82) is 0 Å². The number of carbonyl (C=O) groups excluding carboxylic acids is 2. The van der Waals surface area contributed by atoms with Gasteiger partial charge in [-0.25, -0.2) is 0 Å². The maximum atomic E-state index is 12.5. The van der Waals surface area contributed by atoms with E-state index in [-0.39, 0.29) is 22.7 Å². The lowest BCUT2D eigenvalue weighted by atomic mass is 9.76. The first-order valence-corrected chi connectivity index (χ1v) is 8.74. The second kappa shape index (κ2) is 6.58. The third kappa shape index (κ3) is 3.43. The SMILES string of the molecule is CN=C(CCc1noc2c1C(=O)CC(C)(C)C2)C1=C(O)CCCC1=O. The van der Waals surface area contributed by atoms with Crippen LogP contribution in [0.4, 0.5) is 0 Å². The van der Waals surface area contributed by atoms with Crippen LogP contribution in [0.5, 0.6) is 0 Å². The van der Waals surface area contributed by atoms with Crippen molar-refractivity contribution in [3.63, 3.8) is 0 Å². The van der Waals surface area contributed by atoms with Crippen LogP contribution in [0.1, 0.15) is 67.8 Å². The van der Waals surface area contributed by atoms with E-state index in [1.165, 1.54) is 0 Å². The van der Waals surface area contributed by atoms with Crippen molar-refractivity contribution in [1.82, 2.24) is 5.16 Å². The monoisotopic (exact) mass is 344 g/mol. The van der Waals surface area contributed by atoms with Crippen molar-refractivity contribution in [2.24, 2.45) is 10.4 Å². The maximum Gasteiger partial charge on any atom is 0.168 e.